The third-order valence-electron chi connectivity index (χ3n) is 6.36. The second-order valence-corrected chi connectivity index (χ2v) is 9.85. The van der Waals surface area contributed by atoms with Crippen LogP contribution >= 0.6 is 0 Å². The average Bonchev–Trinajstić information content (AvgIpc) is 2.72. The maximum atomic E-state index is 15.3. The number of nitrogens with zero attached hydrogens (tertiary/aromatic N) is 2. The quantitative estimate of drug-likeness (QED) is 0.688. The maximum absolute atomic E-state index is 15.3. The van der Waals surface area contributed by atoms with E-state index >= 15 is 4.39 Å². The normalized spacial score (nSPS) is 21.9. The van der Waals surface area contributed by atoms with Crippen LogP contribution in [0.5, 0.6) is 0 Å². The third kappa shape index (κ3) is 4.58. The standard InChI is InChI=1S/C21H33FN2O3S/c1-3-19(4-2)21(22)9-11-23(12-10-21)17-18-7-5-6-8-20(18)28(25,26)24-13-15-27-16-14-24/h5-8,19H,3-4,9-17H2,1-2H3. The summed E-state index contributed by atoms with van der Waals surface area (Å²) in [7, 11) is -3.54. The van der Waals surface area contributed by atoms with Gasteiger partial charge in [0.2, 0.25) is 10.0 Å². The smallest absolute Gasteiger partial charge is 0.243 e. The summed E-state index contributed by atoms with van der Waals surface area (Å²) in [6.07, 6.45) is 2.79. The number of rotatable bonds is 7. The van der Waals surface area contributed by atoms with Gasteiger partial charge in [-0.3, -0.25) is 4.90 Å². The first-order chi connectivity index (χ1) is 13.4. The first-order valence-electron chi connectivity index (χ1n) is 10.5. The predicted molar refractivity (Wildman–Crippen MR) is 108 cm³/mol. The highest BCUT2D eigenvalue weighted by Gasteiger charge is 2.40. The molecule has 0 aliphatic carbocycles. The Kier molecular flexibility index (Phi) is 7.12. The number of alkyl halides is 1. The van der Waals surface area contributed by atoms with Crippen LogP contribution in [0.3, 0.4) is 0 Å². The molecule has 1 aromatic rings. The summed E-state index contributed by atoms with van der Waals surface area (Å²) in [5, 5.41) is 0. The highest BCUT2D eigenvalue weighted by molar-refractivity contribution is 7.89. The Balaban J connectivity index is 1.71. The monoisotopic (exact) mass is 412 g/mol. The van der Waals surface area contributed by atoms with Crippen LogP contribution in [-0.4, -0.2) is 62.7 Å². The molecule has 2 aliphatic heterocycles. The van der Waals surface area contributed by atoms with Gasteiger partial charge in [-0.1, -0.05) is 44.9 Å². The van der Waals surface area contributed by atoms with Crippen molar-refractivity contribution < 1.29 is 17.5 Å². The Labute approximate surface area is 168 Å². The Morgan fingerprint density at radius 1 is 1.07 bits per heavy atom. The van der Waals surface area contributed by atoms with Crippen molar-refractivity contribution in [2.75, 3.05) is 39.4 Å². The number of ether oxygens (including phenoxy) is 1. The average molecular weight is 413 g/mol. The van der Waals surface area contributed by atoms with Crippen molar-refractivity contribution in [1.82, 2.24) is 9.21 Å². The van der Waals surface area contributed by atoms with E-state index < -0.39 is 15.7 Å². The summed E-state index contributed by atoms with van der Waals surface area (Å²) >= 11 is 0. The predicted octanol–water partition coefficient (Wildman–Crippen LogP) is 3.45. The number of piperidine rings is 1. The summed E-state index contributed by atoms with van der Waals surface area (Å²) in [5.74, 6) is 0.114. The third-order valence-corrected chi connectivity index (χ3v) is 8.36. The summed E-state index contributed by atoms with van der Waals surface area (Å²) in [6, 6.07) is 7.22. The number of morpholine rings is 1. The van der Waals surface area contributed by atoms with Gasteiger partial charge < -0.3 is 4.74 Å². The lowest BCUT2D eigenvalue weighted by Gasteiger charge is -2.41. The summed E-state index contributed by atoms with van der Waals surface area (Å²) in [6.45, 7) is 7.64. The molecule has 7 heteroatoms. The maximum Gasteiger partial charge on any atom is 0.243 e. The van der Waals surface area contributed by atoms with Crippen LogP contribution in [0.25, 0.3) is 0 Å². The van der Waals surface area contributed by atoms with E-state index in [0.717, 1.165) is 18.4 Å². The van der Waals surface area contributed by atoms with Gasteiger partial charge in [-0.2, -0.15) is 4.31 Å². The first-order valence-corrected chi connectivity index (χ1v) is 11.9. The van der Waals surface area contributed by atoms with E-state index in [1.165, 1.54) is 4.31 Å². The van der Waals surface area contributed by atoms with Gasteiger partial charge >= 0.3 is 0 Å². The number of hydrogen-bond donors (Lipinski definition) is 0. The van der Waals surface area contributed by atoms with Crippen LogP contribution in [0.4, 0.5) is 4.39 Å². The number of sulfonamides is 1. The molecule has 0 spiro atoms. The summed E-state index contributed by atoms with van der Waals surface area (Å²) < 4.78 is 48.3. The van der Waals surface area contributed by atoms with Crippen molar-refractivity contribution in [3.63, 3.8) is 0 Å². The van der Waals surface area contributed by atoms with E-state index in [2.05, 4.69) is 18.7 Å². The minimum absolute atomic E-state index is 0.114. The lowest BCUT2D eigenvalue weighted by atomic mass is 9.78. The van der Waals surface area contributed by atoms with E-state index in [0.29, 0.717) is 63.7 Å². The molecule has 28 heavy (non-hydrogen) atoms. The number of hydrogen-bond acceptors (Lipinski definition) is 4. The molecule has 0 radical (unpaired) electrons. The Morgan fingerprint density at radius 2 is 1.68 bits per heavy atom. The molecule has 0 aromatic heterocycles. The van der Waals surface area contributed by atoms with Crippen molar-refractivity contribution in [1.29, 1.82) is 0 Å². The Hall–Kier alpha value is -1.02. The van der Waals surface area contributed by atoms with Gasteiger partial charge in [-0.25, -0.2) is 12.8 Å². The molecule has 2 aliphatic rings. The summed E-state index contributed by atoms with van der Waals surface area (Å²) in [4.78, 5) is 2.56. The zero-order chi connectivity index (χ0) is 20.2. The molecule has 0 bridgehead atoms. The lowest BCUT2D eigenvalue weighted by molar-refractivity contribution is 0.00130. The van der Waals surface area contributed by atoms with E-state index in [1.54, 1.807) is 12.1 Å². The second-order valence-electron chi connectivity index (χ2n) is 7.95. The zero-order valence-electron chi connectivity index (χ0n) is 17.1. The van der Waals surface area contributed by atoms with Gasteiger partial charge in [0.05, 0.1) is 18.1 Å². The van der Waals surface area contributed by atoms with Crippen molar-refractivity contribution in [3.8, 4) is 0 Å². The highest BCUT2D eigenvalue weighted by Crippen LogP contribution is 2.38. The SMILES string of the molecule is CCC(CC)C1(F)CCN(Cc2ccccc2S(=O)(=O)N2CCOCC2)CC1. The van der Waals surface area contributed by atoms with Crippen LogP contribution in [0.1, 0.15) is 45.1 Å². The molecule has 0 amide bonds. The second kappa shape index (κ2) is 9.20. The number of benzene rings is 1. The van der Waals surface area contributed by atoms with Gasteiger partial charge in [-0.15, -0.1) is 0 Å². The van der Waals surface area contributed by atoms with Crippen molar-refractivity contribution in [2.45, 2.75) is 56.6 Å². The molecule has 5 nitrogen and oxygen atoms in total. The van der Waals surface area contributed by atoms with Crippen molar-refractivity contribution in [2.24, 2.45) is 5.92 Å². The topological polar surface area (TPSA) is 49.9 Å². The van der Waals surface area contributed by atoms with E-state index in [-0.39, 0.29) is 5.92 Å². The molecule has 2 saturated heterocycles. The van der Waals surface area contributed by atoms with Crippen LogP contribution < -0.4 is 0 Å². The van der Waals surface area contributed by atoms with Gasteiger partial charge in [0, 0.05) is 32.7 Å². The molecule has 2 fully saturated rings. The molecular formula is C21H33FN2O3S. The van der Waals surface area contributed by atoms with Gasteiger partial charge in [-0.05, 0) is 30.4 Å². The van der Waals surface area contributed by atoms with E-state index in [9.17, 15) is 8.42 Å². The molecule has 0 atom stereocenters. The fraction of sp³-hybridized carbons (Fsp3) is 0.714. The zero-order valence-corrected chi connectivity index (χ0v) is 17.9. The fourth-order valence-corrected chi connectivity index (χ4v) is 6.19. The molecule has 158 valence electrons. The molecule has 0 saturated carbocycles. The number of likely N-dealkylation sites (tertiary alicyclic amines) is 1. The van der Waals surface area contributed by atoms with Crippen molar-refractivity contribution >= 4 is 10.0 Å². The highest BCUT2D eigenvalue weighted by atomic mass is 32.2. The van der Waals surface area contributed by atoms with Gasteiger partial charge in [0.25, 0.3) is 0 Å². The Bertz CT molecular complexity index is 738. The van der Waals surface area contributed by atoms with E-state index in [1.807, 2.05) is 12.1 Å². The first kappa shape index (κ1) is 21.7. The van der Waals surface area contributed by atoms with Gasteiger partial charge in [0.15, 0.2) is 0 Å². The summed E-state index contributed by atoms with van der Waals surface area (Å²) in [5.41, 5.74) is -0.290. The number of halogens is 1. The lowest BCUT2D eigenvalue weighted by Crippen LogP contribution is -2.45. The molecule has 2 heterocycles. The fourth-order valence-electron chi connectivity index (χ4n) is 4.56. The molecular weight excluding hydrogens is 379 g/mol. The Morgan fingerprint density at radius 3 is 2.29 bits per heavy atom. The van der Waals surface area contributed by atoms with Crippen LogP contribution in [0.2, 0.25) is 0 Å². The van der Waals surface area contributed by atoms with E-state index in [4.69, 9.17) is 4.74 Å². The van der Waals surface area contributed by atoms with Crippen LogP contribution in [-0.2, 0) is 21.3 Å². The van der Waals surface area contributed by atoms with Gasteiger partial charge in [0.1, 0.15) is 5.67 Å². The van der Waals surface area contributed by atoms with Crippen LogP contribution in [0.15, 0.2) is 29.2 Å². The molecule has 0 N–H and O–H groups in total. The minimum atomic E-state index is -3.54. The van der Waals surface area contributed by atoms with Crippen molar-refractivity contribution in [3.05, 3.63) is 29.8 Å². The largest absolute Gasteiger partial charge is 0.379 e. The molecule has 0 unspecified atom stereocenters. The molecule has 3 rings (SSSR count). The minimum Gasteiger partial charge on any atom is -0.379 e. The molecule has 1 aromatic carbocycles. The van der Waals surface area contributed by atoms with Crippen LogP contribution in [0, 0.1) is 5.92 Å².